The molecule has 0 unspecified atom stereocenters. The molecule has 0 saturated heterocycles. The number of hydrogen-bond donors (Lipinski definition) is 2. The van der Waals surface area contributed by atoms with Gasteiger partial charge in [-0.3, -0.25) is 4.79 Å². The van der Waals surface area contributed by atoms with E-state index in [0.29, 0.717) is 13.0 Å². The molecule has 21 heavy (non-hydrogen) atoms. The van der Waals surface area contributed by atoms with Gasteiger partial charge < -0.3 is 15.4 Å². The molecule has 0 bridgehead atoms. The number of carbonyl (C=O) groups excluding carboxylic acids is 1. The molecule has 0 spiro atoms. The van der Waals surface area contributed by atoms with Crippen molar-refractivity contribution < 1.29 is 9.53 Å². The Kier molecular flexibility index (Phi) is 5.21. The molecule has 0 fully saturated rings. The van der Waals surface area contributed by atoms with Gasteiger partial charge in [0, 0.05) is 24.3 Å². The predicted molar refractivity (Wildman–Crippen MR) is 85.9 cm³/mol. The first kappa shape index (κ1) is 14.9. The second-order valence-electron chi connectivity index (χ2n) is 4.77. The molecule has 4 nitrogen and oxygen atoms in total. The van der Waals surface area contributed by atoms with Gasteiger partial charge in [0.25, 0.3) is 0 Å². The molecule has 2 N–H and O–H groups in total. The highest BCUT2D eigenvalue weighted by Gasteiger charge is 2.04. The van der Waals surface area contributed by atoms with E-state index in [1.54, 1.807) is 7.11 Å². The Morgan fingerprint density at radius 3 is 2.48 bits per heavy atom. The number of methoxy groups -OCH3 is 1. The van der Waals surface area contributed by atoms with Crippen LogP contribution in [0.5, 0.6) is 5.75 Å². The molecule has 1 amide bonds. The number of hydrogen-bond acceptors (Lipinski definition) is 3. The van der Waals surface area contributed by atoms with Crippen molar-refractivity contribution in [3.8, 4) is 5.75 Å². The highest BCUT2D eigenvalue weighted by atomic mass is 16.5. The van der Waals surface area contributed by atoms with Crippen LogP contribution in [-0.4, -0.2) is 19.6 Å². The molecule has 0 heterocycles. The molecule has 2 aromatic carbocycles. The zero-order valence-corrected chi connectivity index (χ0v) is 12.3. The van der Waals surface area contributed by atoms with Crippen LogP contribution in [0.4, 0.5) is 11.4 Å². The van der Waals surface area contributed by atoms with Crippen molar-refractivity contribution in [3.63, 3.8) is 0 Å². The van der Waals surface area contributed by atoms with Crippen molar-refractivity contribution in [3.05, 3.63) is 54.1 Å². The molecule has 2 aromatic rings. The van der Waals surface area contributed by atoms with Crippen LogP contribution < -0.4 is 15.4 Å². The van der Waals surface area contributed by atoms with Crippen LogP contribution in [0.15, 0.2) is 48.5 Å². The summed E-state index contributed by atoms with van der Waals surface area (Å²) in [4.78, 5) is 11.9. The van der Waals surface area contributed by atoms with Crippen molar-refractivity contribution in [2.75, 3.05) is 24.3 Å². The molecule has 0 saturated carbocycles. The zero-order valence-electron chi connectivity index (χ0n) is 12.3. The fourth-order valence-corrected chi connectivity index (χ4v) is 1.96. The Hall–Kier alpha value is -2.49. The summed E-state index contributed by atoms with van der Waals surface area (Å²) in [5, 5.41) is 6.13. The van der Waals surface area contributed by atoms with Crippen LogP contribution in [0.3, 0.4) is 0 Å². The van der Waals surface area contributed by atoms with Gasteiger partial charge in [-0.05, 0) is 42.8 Å². The summed E-state index contributed by atoms with van der Waals surface area (Å²) >= 11 is 0. The van der Waals surface area contributed by atoms with E-state index in [2.05, 4.69) is 10.6 Å². The number of benzene rings is 2. The molecule has 0 aliphatic carbocycles. The van der Waals surface area contributed by atoms with Gasteiger partial charge in [-0.1, -0.05) is 18.2 Å². The molecule has 4 heteroatoms. The van der Waals surface area contributed by atoms with Crippen molar-refractivity contribution in [1.29, 1.82) is 0 Å². The van der Waals surface area contributed by atoms with E-state index in [0.717, 1.165) is 22.7 Å². The highest BCUT2D eigenvalue weighted by Crippen LogP contribution is 2.15. The lowest BCUT2D eigenvalue weighted by atomic mass is 10.2. The van der Waals surface area contributed by atoms with Gasteiger partial charge in [-0.2, -0.15) is 0 Å². The first-order chi connectivity index (χ1) is 10.2. The number of para-hydroxylation sites is 1. The minimum atomic E-state index is 0.00492. The van der Waals surface area contributed by atoms with E-state index in [1.165, 1.54) is 0 Å². The third-order valence-corrected chi connectivity index (χ3v) is 3.19. The molecule has 0 aliphatic heterocycles. The average Bonchev–Trinajstić information content (AvgIpc) is 2.50. The lowest BCUT2D eigenvalue weighted by molar-refractivity contribution is -0.115. The topological polar surface area (TPSA) is 50.4 Å². The van der Waals surface area contributed by atoms with Gasteiger partial charge in [0.2, 0.25) is 5.91 Å². The fourth-order valence-electron chi connectivity index (χ4n) is 1.96. The first-order valence-corrected chi connectivity index (χ1v) is 6.92. The van der Waals surface area contributed by atoms with E-state index in [1.807, 2.05) is 55.5 Å². The monoisotopic (exact) mass is 284 g/mol. The number of amides is 1. The summed E-state index contributed by atoms with van der Waals surface area (Å²) in [5.41, 5.74) is 2.90. The number of ether oxygens (including phenoxy) is 1. The van der Waals surface area contributed by atoms with Crippen LogP contribution in [0.2, 0.25) is 0 Å². The molecule has 0 atom stereocenters. The Morgan fingerprint density at radius 2 is 1.81 bits per heavy atom. The van der Waals surface area contributed by atoms with Crippen LogP contribution >= 0.6 is 0 Å². The summed E-state index contributed by atoms with van der Waals surface area (Å²) in [6.07, 6.45) is 0.417. The minimum Gasteiger partial charge on any atom is -0.497 e. The van der Waals surface area contributed by atoms with Crippen LogP contribution in [0, 0.1) is 6.92 Å². The molecule has 0 aromatic heterocycles. The second-order valence-corrected chi connectivity index (χ2v) is 4.77. The van der Waals surface area contributed by atoms with Crippen LogP contribution in [0.1, 0.15) is 12.0 Å². The van der Waals surface area contributed by atoms with Gasteiger partial charge in [0.15, 0.2) is 0 Å². The summed E-state index contributed by atoms with van der Waals surface area (Å²) < 4.78 is 5.10. The summed E-state index contributed by atoms with van der Waals surface area (Å²) in [6, 6.07) is 15.4. The standard InChI is InChI=1S/C17H20N2O2/c1-13-5-3-4-6-16(13)19-17(20)11-12-18-14-7-9-15(21-2)10-8-14/h3-10,18H,11-12H2,1-2H3,(H,19,20). The van der Waals surface area contributed by atoms with Gasteiger partial charge in [-0.15, -0.1) is 0 Å². The van der Waals surface area contributed by atoms with E-state index >= 15 is 0 Å². The maximum atomic E-state index is 11.9. The van der Waals surface area contributed by atoms with Crippen molar-refractivity contribution >= 4 is 17.3 Å². The number of nitrogens with one attached hydrogen (secondary N) is 2. The van der Waals surface area contributed by atoms with E-state index in [9.17, 15) is 4.79 Å². The Labute approximate surface area is 125 Å². The number of aryl methyl sites for hydroxylation is 1. The Bertz CT molecular complexity index is 594. The van der Waals surface area contributed by atoms with Gasteiger partial charge in [0.05, 0.1) is 7.11 Å². The van der Waals surface area contributed by atoms with Crippen molar-refractivity contribution in [2.24, 2.45) is 0 Å². The largest absolute Gasteiger partial charge is 0.497 e. The molecule has 0 aliphatic rings. The Balaban J connectivity index is 1.77. The van der Waals surface area contributed by atoms with E-state index < -0.39 is 0 Å². The van der Waals surface area contributed by atoms with E-state index in [4.69, 9.17) is 4.74 Å². The predicted octanol–water partition coefficient (Wildman–Crippen LogP) is 3.44. The molecular formula is C17H20N2O2. The molecule has 2 rings (SSSR count). The highest BCUT2D eigenvalue weighted by molar-refractivity contribution is 5.91. The van der Waals surface area contributed by atoms with Gasteiger partial charge in [0.1, 0.15) is 5.75 Å². The van der Waals surface area contributed by atoms with Crippen LogP contribution in [-0.2, 0) is 4.79 Å². The fraction of sp³-hybridized carbons (Fsp3) is 0.235. The molecule has 0 radical (unpaired) electrons. The number of rotatable bonds is 6. The van der Waals surface area contributed by atoms with Crippen molar-refractivity contribution in [2.45, 2.75) is 13.3 Å². The Morgan fingerprint density at radius 1 is 1.10 bits per heavy atom. The maximum Gasteiger partial charge on any atom is 0.226 e. The lowest BCUT2D eigenvalue weighted by Gasteiger charge is -2.09. The summed E-state index contributed by atoms with van der Waals surface area (Å²) in [7, 11) is 1.64. The quantitative estimate of drug-likeness (QED) is 0.854. The second kappa shape index (κ2) is 7.33. The SMILES string of the molecule is COc1ccc(NCCC(=O)Nc2ccccc2C)cc1. The number of anilines is 2. The maximum absolute atomic E-state index is 11.9. The third kappa shape index (κ3) is 4.53. The smallest absolute Gasteiger partial charge is 0.226 e. The lowest BCUT2D eigenvalue weighted by Crippen LogP contribution is -2.16. The van der Waals surface area contributed by atoms with Gasteiger partial charge >= 0.3 is 0 Å². The first-order valence-electron chi connectivity index (χ1n) is 6.92. The van der Waals surface area contributed by atoms with E-state index in [-0.39, 0.29) is 5.91 Å². The summed E-state index contributed by atoms with van der Waals surface area (Å²) in [5.74, 6) is 0.822. The number of carbonyl (C=O) groups is 1. The molecule has 110 valence electrons. The zero-order chi connectivity index (χ0) is 15.1. The third-order valence-electron chi connectivity index (χ3n) is 3.19. The molecular weight excluding hydrogens is 264 g/mol. The van der Waals surface area contributed by atoms with Crippen molar-refractivity contribution in [1.82, 2.24) is 0 Å². The average molecular weight is 284 g/mol. The summed E-state index contributed by atoms with van der Waals surface area (Å²) in [6.45, 7) is 2.56. The van der Waals surface area contributed by atoms with Crippen LogP contribution in [0.25, 0.3) is 0 Å². The minimum absolute atomic E-state index is 0.00492. The van der Waals surface area contributed by atoms with Gasteiger partial charge in [-0.25, -0.2) is 0 Å². The normalized spacial score (nSPS) is 10.0.